The molecular weight excluding hydrogens is 687 g/mol. The Morgan fingerprint density at radius 2 is 1.34 bits per heavy atom. The van der Waals surface area contributed by atoms with E-state index in [-0.39, 0.29) is 18.9 Å². The molecule has 4 atom stereocenters. The fourth-order valence-electron chi connectivity index (χ4n) is 4.96. The Kier molecular flexibility index (Phi) is 32.6. The minimum Gasteiger partial charge on any atom is -0.756 e. The Bertz CT molecular complexity index is 1150. The number of amides is 1. The van der Waals surface area contributed by atoms with E-state index in [1.54, 1.807) is 12.2 Å². The van der Waals surface area contributed by atoms with Crippen LogP contribution in [0.3, 0.4) is 0 Å². The first kappa shape index (κ1) is 50.6. The van der Waals surface area contributed by atoms with E-state index in [2.05, 4.69) is 55.6 Å². The Hall–Kier alpha value is -2.36. The number of nitrogens with one attached hydrogen (secondary N) is 1. The van der Waals surface area contributed by atoms with Crippen molar-refractivity contribution in [3.05, 3.63) is 85.1 Å². The number of carbonyl (C=O) groups is 1. The highest BCUT2D eigenvalue weighted by Crippen LogP contribution is 2.38. The Labute approximate surface area is 323 Å². The standard InChI is InChI=1S/C43H75N2O7P/c1-6-8-10-12-14-16-18-19-21-22-24-26-29-33-40(46)34-30-28-32-36-43(48)44-41(39-52-53(49,50)51-38-37-45(3,4)5)42(47)35-31-27-25-23-20-17-15-13-11-9-7-2/h8,10,14,16,19,21,24,26,28-31,33,35,40-42,46-47H,6-7,9,11-13,15,17-18,20,22-23,25,27,32,34,36-39H2,1-5H3,(H-,44,48,49,50)/b10-8-,16-14-,21-19-,26-24-,30-28-,33-29-,35-31+/t40?,41-,42+/m0/s1. The highest BCUT2D eigenvalue weighted by atomic mass is 31.2. The molecule has 2 unspecified atom stereocenters. The zero-order valence-corrected chi connectivity index (χ0v) is 34.7. The summed E-state index contributed by atoms with van der Waals surface area (Å²) in [6.07, 6.45) is 42.3. The van der Waals surface area contributed by atoms with Crippen molar-refractivity contribution in [1.82, 2.24) is 5.32 Å². The number of allylic oxidation sites excluding steroid dienone is 11. The lowest BCUT2D eigenvalue weighted by atomic mass is 10.1. The fraction of sp³-hybridized carbons (Fsp3) is 0.651. The van der Waals surface area contributed by atoms with Crippen molar-refractivity contribution in [2.45, 2.75) is 141 Å². The Morgan fingerprint density at radius 3 is 1.96 bits per heavy atom. The summed E-state index contributed by atoms with van der Waals surface area (Å²) in [7, 11) is 1.13. The molecule has 0 spiro atoms. The molecule has 0 radical (unpaired) electrons. The largest absolute Gasteiger partial charge is 0.756 e. The summed E-state index contributed by atoms with van der Waals surface area (Å²) < 4.78 is 23.0. The number of phosphoric acid groups is 1. The van der Waals surface area contributed by atoms with Crippen LogP contribution < -0.4 is 10.2 Å². The lowest BCUT2D eigenvalue weighted by molar-refractivity contribution is -0.870. The average molecular weight is 763 g/mol. The van der Waals surface area contributed by atoms with Crippen LogP contribution in [0.15, 0.2) is 85.1 Å². The van der Waals surface area contributed by atoms with Gasteiger partial charge in [0.1, 0.15) is 13.2 Å². The summed E-state index contributed by atoms with van der Waals surface area (Å²) in [5.74, 6) is -0.346. The van der Waals surface area contributed by atoms with Crippen LogP contribution in [-0.2, 0) is 18.4 Å². The molecule has 0 rings (SSSR count). The molecule has 53 heavy (non-hydrogen) atoms. The van der Waals surface area contributed by atoms with E-state index < -0.39 is 32.7 Å². The van der Waals surface area contributed by atoms with Crippen molar-refractivity contribution < 1.29 is 38.0 Å². The van der Waals surface area contributed by atoms with Crippen LogP contribution in [0.1, 0.15) is 123 Å². The van der Waals surface area contributed by atoms with Crippen LogP contribution in [0, 0.1) is 0 Å². The number of likely N-dealkylation sites (N-methyl/N-ethyl adjacent to an activating group) is 1. The quantitative estimate of drug-likeness (QED) is 0.0196. The Balaban J connectivity index is 4.74. The molecule has 0 fully saturated rings. The third-order valence-electron chi connectivity index (χ3n) is 8.20. The molecular formula is C43H75N2O7P. The summed E-state index contributed by atoms with van der Waals surface area (Å²) in [6.45, 7) is 4.33. The van der Waals surface area contributed by atoms with Crippen molar-refractivity contribution in [1.29, 1.82) is 0 Å². The number of nitrogens with zero attached hydrogens (tertiary/aromatic N) is 1. The third-order valence-corrected chi connectivity index (χ3v) is 9.17. The van der Waals surface area contributed by atoms with Gasteiger partial charge in [-0.05, 0) is 51.4 Å². The van der Waals surface area contributed by atoms with Gasteiger partial charge in [0.2, 0.25) is 5.91 Å². The molecule has 9 nitrogen and oxygen atoms in total. The molecule has 3 N–H and O–H groups in total. The zero-order valence-electron chi connectivity index (χ0n) is 33.8. The van der Waals surface area contributed by atoms with Crippen molar-refractivity contribution in [2.24, 2.45) is 0 Å². The molecule has 1 amide bonds. The van der Waals surface area contributed by atoms with E-state index >= 15 is 0 Å². The molecule has 0 aromatic carbocycles. The summed E-state index contributed by atoms with van der Waals surface area (Å²) in [5.41, 5.74) is 0. The Morgan fingerprint density at radius 1 is 0.736 bits per heavy atom. The third kappa shape index (κ3) is 36.4. The van der Waals surface area contributed by atoms with Gasteiger partial charge >= 0.3 is 0 Å². The van der Waals surface area contributed by atoms with E-state index in [9.17, 15) is 24.5 Å². The van der Waals surface area contributed by atoms with Crippen LogP contribution >= 0.6 is 7.82 Å². The van der Waals surface area contributed by atoms with Gasteiger partial charge in [-0.25, -0.2) is 0 Å². The van der Waals surface area contributed by atoms with Crippen LogP contribution in [0.2, 0.25) is 0 Å². The fourth-order valence-corrected chi connectivity index (χ4v) is 5.69. The van der Waals surface area contributed by atoms with Crippen molar-refractivity contribution >= 4 is 13.7 Å². The summed E-state index contributed by atoms with van der Waals surface area (Å²) in [5, 5.41) is 23.8. The van der Waals surface area contributed by atoms with Crippen LogP contribution in [0.4, 0.5) is 0 Å². The monoisotopic (exact) mass is 763 g/mol. The van der Waals surface area contributed by atoms with Gasteiger partial charge in [-0.2, -0.15) is 0 Å². The average Bonchev–Trinajstić information content (AvgIpc) is 3.10. The lowest BCUT2D eigenvalue weighted by Crippen LogP contribution is -2.45. The van der Waals surface area contributed by atoms with E-state index in [1.165, 1.54) is 44.9 Å². The minimum atomic E-state index is -4.63. The van der Waals surface area contributed by atoms with Crippen LogP contribution in [-0.4, -0.2) is 79.8 Å². The SMILES string of the molecule is CC/C=C\C/C=C\C/C=C\C/C=C\C=C/C(O)C/C=C\CCC(=O)N[C@@H](COP(=O)([O-])OCC[N+](C)(C)C)[C@H](O)/C=C/CCCCCCCCCCC. The molecule has 0 heterocycles. The molecule has 0 aromatic rings. The first-order chi connectivity index (χ1) is 25.4. The van der Waals surface area contributed by atoms with Crippen LogP contribution in [0.25, 0.3) is 0 Å². The number of quaternary nitrogens is 1. The maximum absolute atomic E-state index is 12.8. The molecule has 0 saturated carbocycles. The number of phosphoric ester groups is 1. The zero-order chi connectivity index (χ0) is 39.5. The first-order valence-corrected chi connectivity index (χ1v) is 21.5. The predicted molar refractivity (Wildman–Crippen MR) is 220 cm³/mol. The minimum absolute atomic E-state index is 0.0379. The molecule has 0 bridgehead atoms. The molecule has 0 saturated heterocycles. The normalized spacial score (nSPS) is 16.0. The van der Waals surface area contributed by atoms with Gasteiger partial charge in [-0.15, -0.1) is 0 Å². The smallest absolute Gasteiger partial charge is 0.268 e. The van der Waals surface area contributed by atoms with Gasteiger partial charge in [0.25, 0.3) is 7.82 Å². The number of carbonyl (C=O) groups excluding carboxylic acids is 1. The number of rotatable bonds is 34. The van der Waals surface area contributed by atoms with Gasteiger partial charge in [0, 0.05) is 6.42 Å². The van der Waals surface area contributed by atoms with E-state index in [0.717, 1.165) is 44.9 Å². The maximum atomic E-state index is 12.8. The van der Waals surface area contributed by atoms with Crippen molar-refractivity contribution in [3.63, 3.8) is 0 Å². The highest BCUT2D eigenvalue weighted by Gasteiger charge is 2.23. The maximum Gasteiger partial charge on any atom is 0.268 e. The molecule has 0 aliphatic heterocycles. The van der Waals surface area contributed by atoms with Gasteiger partial charge < -0.3 is 34.0 Å². The number of unbranched alkanes of at least 4 members (excludes halogenated alkanes) is 9. The summed E-state index contributed by atoms with van der Waals surface area (Å²) in [4.78, 5) is 25.2. The second kappa shape index (κ2) is 34.2. The second-order valence-electron chi connectivity index (χ2n) is 14.5. The van der Waals surface area contributed by atoms with Crippen LogP contribution in [0.5, 0.6) is 0 Å². The molecule has 10 heteroatoms. The van der Waals surface area contributed by atoms with Gasteiger partial charge in [-0.1, -0.05) is 150 Å². The number of aliphatic hydroxyl groups is 2. The van der Waals surface area contributed by atoms with E-state index in [4.69, 9.17) is 9.05 Å². The molecule has 0 aromatic heterocycles. The molecule has 304 valence electrons. The van der Waals surface area contributed by atoms with E-state index in [0.29, 0.717) is 23.9 Å². The summed E-state index contributed by atoms with van der Waals surface area (Å²) in [6, 6.07) is -0.972. The molecule has 0 aliphatic rings. The molecule has 0 aliphatic carbocycles. The first-order valence-electron chi connectivity index (χ1n) is 20.1. The number of hydrogen-bond acceptors (Lipinski definition) is 7. The van der Waals surface area contributed by atoms with Gasteiger partial charge in [0.15, 0.2) is 0 Å². The van der Waals surface area contributed by atoms with Gasteiger partial charge in [0.05, 0.1) is 46.0 Å². The second-order valence-corrected chi connectivity index (χ2v) is 15.9. The van der Waals surface area contributed by atoms with Crippen molar-refractivity contribution in [2.75, 3.05) is 40.9 Å². The highest BCUT2D eigenvalue weighted by molar-refractivity contribution is 7.45. The predicted octanol–water partition coefficient (Wildman–Crippen LogP) is 8.97. The summed E-state index contributed by atoms with van der Waals surface area (Å²) >= 11 is 0. The topological polar surface area (TPSA) is 128 Å². The van der Waals surface area contributed by atoms with Gasteiger partial charge in [-0.3, -0.25) is 9.36 Å². The number of aliphatic hydroxyl groups excluding tert-OH is 2. The van der Waals surface area contributed by atoms with Crippen molar-refractivity contribution in [3.8, 4) is 0 Å². The lowest BCUT2D eigenvalue weighted by Gasteiger charge is -2.29. The van der Waals surface area contributed by atoms with E-state index in [1.807, 2.05) is 57.6 Å². The number of hydrogen-bond donors (Lipinski definition) is 3.